The summed E-state index contributed by atoms with van der Waals surface area (Å²) in [6.07, 6.45) is 3.58. The van der Waals surface area contributed by atoms with E-state index in [2.05, 4.69) is 5.32 Å². The molecule has 7 heteroatoms. The van der Waals surface area contributed by atoms with Crippen LogP contribution >= 0.6 is 35.6 Å². The number of benzene rings is 1. The number of rotatable bonds is 4. The summed E-state index contributed by atoms with van der Waals surface area (Å²) in [5.41, 5.74) is 5.91. The average molecular weight is 368 g/mol. The van der Waals surface area contributed by atoms with Crippen LogP contribution in [0.25, 0.3) is 0 Å². The zero-order chi connectivity index (χ0) is 15.5. The van der Waals surface area contributed by atoms with Crippen molar-refractivity contribution in [2.45, 2.75) is 43.7 Å². The Hall–Kier alpha value is -0.520. The molecule has 1 fully saturated rings. The van der Waals surface area contributed by atoms with Gasteiger partial charge >= 0.3 is 0 Å². The molecular weight excluding hydrogens is 347 g/mol. The predicted octanol–water partition coefficient (Wildman–Crippen LogP) is 3.23. The van der Waals surface area contributed by atoms with Gasteiger partial charge < -0.3 is 16.2 Å². The fourth-order valence-corrected chi connectivity index (χ4v) is 3.20. The Kier molecular flexibility index (Phi) is 7.42. The summed E-state index contributed by atoms with van der Waals surface area (Å²) >= 11 is 11.8. The van der Waals surface area contributed by atoms with E-state index in [4.69, 9.17) is 28.9 Å². The van der Waals surface area contributed by atoms with E-state index in [1.54, 1.807) is 18.2 Å². The van der Waals surface area contributed by atoms with E-state index in [0.29, 0.717) is 28.5 Å². The van der Waals surface area contributed by atoms with Gasteiger partial charge in [0.25, 0.3) is 0 Å². The number of hydrogen-bond acceptors (Lipinski definition) is 3. The van der Waals surface area contributed by atoms with Crippen molar-refractivity contribution >= 4 is 41.5 Å². The van der Waals surface area contributed by atoms with Crippen LogP contribution in [0.15, 0.2) is 18.2 Å². The monoisotopic (exact) mass is 366 g/mol. The lowest BCUT2D eigenvalue weighted by atomic mass is 9.82. The molecule has 0 saturated heterocycles. The van der Waals surface area contributed by atoms with Gasteiger partial charge in [-0.15, -0.1) is 12.4 Å². The van der Waals surface area contributed by atoms with Gasteiger partial charge in [0.15, 0.2) is 0 Å². The Morgan fingerprint density at radius 3 is 2.32 bits per heavy atom. The number of carbonyl (C=O) groups is 1. The second-order valence-electron chi connectivity index (χ2n) is 5.65. The van der Waals surface area contributed by atoms with Crippen LogP contribution in [0.2, 0.25) is 10.0 Å². The highest BCUT2D eigenvalue weighted by molar-refractivity contribution is 6.34. The summed E-state index contributed by atoms with van der Waals surface area (Å²) in [5, 5.41) is 13.8. The number of aliphatic hydroxyl groups excluding tert-OH is 1. The molecule has 1 atom stereocenters. The maximum atomic E-state index is 12.2. The van der Waals surface area contributed by atoms with Crippen molar-refractivity contribution in [3.05, 3.63) is 33.8 Å². The molecule has 2 rings (SSSR count). The van der Waals surface area contributed by atoms with E-state index in [-0.39, 0.29) is 24.9 Å². The highest BCUT2D eigenvalue weighted by atomic mass is 35.5. The molecule has 4 N–H and O–H groups in total. The lowest BCUT2D eigenvalue weighted by molar-refractivity contribution is -0.128. The third-order valence-corrected chi connectivity index (χ3v) is 4.36. The molecule has 1 aliphatic rings. The molecule has 0 bridgehead atoms. The van der Waals surface area contributed by atoms with Crippen LogP contribution in [0, 0.1) is 0 Å². The van der Waals surface area contributed by atoms with Gasteiger partial charge in [-0.2, -0.15) is 0 Å². The first-order valence-corrected chi connectivity index (χ1v) is 7.87. The number of hydrogen-bond donors (Lipinski definition) is 3. The van der Waals surface area contributed by atoms with E-state index < -0.39 is 11.6 Å². The van der Waals surface area contributed by atoms with Crippen molar-refractivity contribution in [1.29, 1.82) is 0 Å². The number of aliphatic hydroxyl groups is 1. The average Bonchev–Trinajstić information content (AvgIpc) is 2.44. The molecule has 0 aliphatic heterocycles. The zero-order valence-electron chi connectivity index (χ0n) is 12.1. The second kappa shape index (κ2) is 8.37. The minimum atomic E-state index is -0.864. The molecule has 0 heterocycles. The summed E-state index contributed by atoms with van der Waals surface area (Å²) in [7, 11) is 0. The van der Waals surface area contributed by atoms with Crippen molar-refractivity contribution < 1.29 is 9.90 Å². The smallest absolute Gasteiger partial charge is 0.240 e. The predicted molar refractivity (Wildman–Crippen MR) is 91.7 cm³/mol. The molecule has 1 aromatic carbocycles. The summed E-state index contributed by atoms with van der Waals surface area (Å²) in [4.78, 5) is 12.2. The Labute approximate surface area is 146 Å². The second-order valence-corrected chi connectivity index (χ2v) is 6.52. The van der Waals surface area contributed by atoms with E-state index in [9.17, 15) is 9.90 Å². The standard InChI is InChI=1S/C15H20Cl2N2O2.ClH/c16-11-6-10(7-12(17)8-11)13(20)9-19-14(21)15(18)4-2-1-3-5-15;/h6-8,13,20H,1-5,9,18H2,(H,19,21);1H. The van der Waals surface area contributed by atoms with Crippen LogP contribution in [0.3, 0.4) is 0 Å². The first-order valence-electron chi connectivity index (χ1n) is 7.12. The van der Waals surface area contributed by atoms with E-state index in [1.165, 1.54) is 0 Å². The fraction of sp³-hybridized carbons (Fsp3) is 0.533. The van der Waals surface area contributed by atoms with Crippen LogP contribution in [-0.4, -0.2) is 23.1 Å². The molecular formula is C15H21Cl3N2O2. The maximum Gasteiger partial charge on any atom is 0.240 e. The Morgan fingerprint density at radius 2 is 1.77 bits per heavy atom. The van der Waals surface area contributed by atoms with Gasteiger partial charge in [0.2, 0.25) is 5.91 Å². The van der Waals surface area contributed by atoms with Crippen molar-refractivity contribution in [3.63, 3.8) is 0 Å². The Balaban J connectivity index is 0.00000242. The largest absolute Gasteiger partial charge is 0.387 e. The van der Waals surface area contributed by atoms with Gasteiger partial charge in [-0.3, -0.25) is 4.79 Å². The van der Waals surface area contributed by atoms with Gasteiger partial charge in [0.05, 0.1) is 11.6 Å². The third-order valence-electron chi connectivity index (χ3n) is 3.92. The first kappa shape index (κ1) is 19.5. The number of amides is 1. The molecule has 1 unspecified atom stereocenters. The molecule has 0 radical (unpaired) electrons. The van der Waals surface area contributed by atoms with Crippen LogP contribution in [0.1, 0.15) is 43.8 Å². The van der Waals surface area contributed by atoms with Crippen molar-refractivity contribution in [2.24, 2.45) is 5.73 Å². The third kappa shape index (κ3) is 5.00. The number of nitrogens with one attached hydrogen (secondary N) is 1. The normalized spacial score (nSPS) is 18.2. The first-order chi connectivity index (χ1) is 9.90. The topological polar surface area (TPSA) is 75.4 Å². The highest BCUT2D eigenvalue weighted by Gasteiger charge is 2.35. The SMILES string of the molecule is Cl.NC1(C(=O)NCC(O)c2cc(Cl)cc(Cl)c2)CCCCC1. The summed E-state index contributed by atoms with van der Waals surface area (Å²) in [6.45, 7) is 0.0917. The quantitative estimate of drug-likeness (QED) is 0.765. The Morgan fingerprint density at radius 1 is 1.23 bits per heavy atom. The van der Waals surface area contributed by atoms with Crippen LogP contribution in [0.5, 0.6) is 0 Å². The summed E-state index contributed by atoms with van der Waals surface area (Å²) < 4.78 is 0. The lowest BCUT2D eigenvalue weighted by Crippen LogP contribution is -2.55. The van der Waals surface area contributed by atoms with Crippen molar-refractivity contribution in [1.82, 2.24) is 5.32 Å². The minimum absolute atomic E-state index is 0. The summed E-state index contributed by atoms with van der Waals surface area (Å²) in [5.74, 6) is -0.200. The summed E-state index contributed by atoms with van der Waals surface area (Å²) in [6, 6.07) is 4.85. The van der Waals surface area contributed by atoms with Gasteiger partial charge in [-0.25, -0.2) is 0 Å². The molecule has 1 saturated carbocycles. The van der Waals surface area contributed by atoms with E-state index in [0.717, 1.165) is 19.3 Å². The minimum Gasteiger partial charge on any atom is -0.387 e. The number of carbonyl (C=O) groups excluding carboxylic acids is 1. The maximum absolute atomic E-state index is 12.2. The molecule has 0 aromatic heterocycles. The molecule has 124 valence electrons. The molecule has 1 amide bonds. The lowest BCUT2D eigenvalue weighted by Gasteiger charge is -2.32. The van der Waals surface area contributed by atoms with Crippen LogP contribution in [0.4, 0.5) is 0 Å². The molecule has 0 spiro atoms. The van der Waals surface area contributed by atoms with E-state index in [1.807, 2.05) is 0 Å². The van der Waals surface area contributed by atoms with Gasteiger partial charge in [-0.1, -0.05) is 42.5 Å². The number of nitrogens with two attached hydrogens (primary N) is 1. The molecule has 1 aliphatic carbocycles. The number of halogens is 3. The Bertz CT molecular complexity index is 499. The zero-order valence-corrected chi connectivity index (χ0v) is 14.5. The van der Waals surface area contributed by atoms with E-state index >= 15 is 0 Å². The van der Waals surface area contributed by atoms with Gasteiger partial charge in [0.1, 0.15) is 0 Å². The molecule has 22 heavy (non-hydrogen) atoms. The van der Waals surface area contributed by atoms with Gasteiger partial charge in [0, 0.05) is 16.6 Å². The van der Waals surface area contributed by atoms with Crippen molar-refractivity contribution in [3.8, 4) is 0 Å². The van der Waals surface area contributed by atoms with Crippen LogP contribution < -0.4 is 11.1 Å². The molecule has 4 nitrogen and oxygen atoms in total. The molecule has 1 aromatic rings. The fourth-order valence-electron chi connectivity index (χ4n) is 2.66. The highest BCUT2D eigenvalue weighted by Crippen LogP contribution is 2.27. The van der Waals surface area contributed by atoms with Gasteiger partial charge in [-0.05, 0) is 36.6 Å². The van der Waals surface area contributed by atoms with Crippen LogP contribution in [-0.2, 0) is 4.79 Å². The van der Waals surface area contributed by atoms with Crippen molar-refractivity contribution in [2.75, 3.05) is 6.54 Å².